The van der Waals surface area contributed by atoms with Gasteiger partial charge >= 0.3 is 0 Å². The highest BCUT2D eigenvalue weighted by Gasteiger charge is 2.24. The normalized spacial score (nSPS) is 11.5. The Morgan fingerprint density at radius 1 is 1.40 bits per heavy atom. The van der Waals surface area contributed by atoms with E-state index >= 15 is 0 Å². The van der Waals surface area contributed by atoms with Crippen molar-refractivity contribution >= 4 is 30.6 Å². The highest BCUT2D eigenvalue weighted by Crippen LogP contribution is 2.18. The number of benzene rings is 1. The van der Waals surface area contributed by atoms with Crippen molar-refractivity contribution in [3.05, 3.63) is 35.7 Å². The molecule has 1 radical (unpaired) electrons. The smallest absolute Gasteiger partial charge is 0.164 e. The van der Waals surface area contributed by atoms with Crippen molar-refractivity contribution in [2.75, 3.05) is 0 Å². The van der Waals surface area contributed by atoms with Gasteiger partial charge in [0, 0.05) is 12.0 Å². The van der Waals surface area contributed by atoms with Gasteiger partial charge in [0.2, 0.25) is 0 Å². The number of rotatable bonds is 3. The van der Waals surface area contributed by atoms with Crippen LogP contribution in [0, 0.1) is 6.92 Å². The Bertz CT molecular complexity index is 380. The van der Waals surface area contributed by atoms with Crippen LogP contribution >= 0.6 is 11.6 Å². The van der Waals surface area contributed by atoms with Gasteiger partial charge in [0.05, 0.1) is 13.1 Å². The summed E-state index contributed by atoms with van der Waals surface area (Å²) in [5.41, 5.74) is 0.688. The summed E-state index contributed by atoms with van der Waals surface area (Å²) in [7, 11) is -1.52. The Morgan fingerprint density at radius 2 is 2.00 bits per heavy atom. The van der Waals surface area contributed by atoms with Gasteiger partial charge in [0.1, 0.15) is 0 Å². The average molecular weight is 240 g/mol. The van der Waals surface area contributed by atoms with Gasteiger partial charge in [-0.1, -0.05) is 43.4 Å². The lowest BCUT2D eigenvalue weighted by atomic mass is 10.1. The van der Waals surface area contributed by atoms with E-state index in [4.69, 9.17) is 11.6 Å². The summed E-state index contributed by atoms with van der Waals surface area (Å²) in [6, 6.07) is 5.70. The number of Topliss-reactive ketones (excluding diaryl/α,β-unsaturated/α-hetero) is 1. The minimum Gasteiger partial charge on any atom is -0.294 e. The van der Waals surface area contributed by atoms with E-state index in [1.807, 2.05) is 12.1 Å². The topological polar surface area (TPSA) is 17.1 Å². The molecule has 0 bridgehead atoms. The van der Waals surface area contributed by atoms with Gasteiger partial charge in [0.25, 0.3) is 0 Å². The highest BCUT2D eigenvalue weighted by molar-refractivity contribution is 6.89. The van der Waals surface area contributed by atoms with Crippen molar-refractivity contribution in [1.82, 2.24) is 0 Å². The lowest BCUT2D eigenvalue weighted by Gasteiger charge is -2.20. The summed E-state index contributed by atoms with van der Waals surface area (Å²) in [4.78, 5) is 11.8. The van der Waals surface area contributed by atoms with Crippen molar-refractivity contribution in [1.29, 1.82) is 0 Å². The maximum absolute atomic E-state index is 11.8. The molecule has 0 unspecified atom stereocenters. The van der Waals surface area contributed by atoms with Crippen molar-refractivity contribution in [3.63, 3.8) is 0 Å². The zero-order chi connectivity index (χ0) is 11.6. The van der Waals surface area contributed by atoms with E-state index < -0.39 is 8.07 Å². The second kappa shape index (κ2) is 4.50. The SMILES string of the molecule is [CH2]CC(=O)c1c(Cl)cccc1[Si](C)(C)C. The monoisotopic (exact) mass is 239 g/mol. The largest absolute Gasteiger partial charge is 0.294 e. The molecule has 0 atom stereocenters. The second-order valence-electron chi connectivity index (χ2n) is 4.59. The van der Waals surface area contributed by atoms with Crippen LogP contribution in [0.3, 0.4) is 0 Å². The van der Waals surface area contributed by atoms with Crippen LogP contribution in [0.1, 0.15) is 16.8 Å². The lowest BCUT2D eigenvalue weighted by Crippen LogP contribution is -2.41. The average Bonchev–Trinajstić information content (AvgIpc) is 2.15. The van der Waals surface area contributed by atoms with E-state index in [1.54, 1.807) is 6.07 Å². The molecule has 0 aliphatic rings. The Labute approximate surface area is 97.5 Å². The molecule has 15 heavy (non-hydrogen) atoms. The minimum atomic E-state index is -1.52. The Kier molecular flexibility index (Phi) is 3.74. The molecule has 0 heterocycles. The van der Waals surface area contributed by atoms with E-state index in [0.29, 0.717) is 10.6 Å². The van der Waals surface area contributed by atoms with Crippen LogP contribution in [-0.2, 0) is 0 Å². The Balaban J connectivity index is 3.40. The van der Waals surface area contributed by atoms with Crippen molar-refractivity contribution < 1.29 is 4.79 Å². The van der Waals surface area contributed by atoms with Gasteiger partial charge < -0.3 is 0 Å². The third-order valence-corrected chi connectivity index (χ3v) is 4.68. The van der Waals surface area contributed by atoms with Crippen LogP contribution in [-0.4, -0.2) is 13.9 Å². The molecule has 0 spiro atoms. The number of hydrogen-bond acceptors (Lipinski definition) is 1. The number of halogens is 1. The standard InChI is InChI=1S/C12H16ClOSi/c1-5-10(14)12-9(13)7-6-8-11(12)15(2,3)4/h6-8H,1,5H2,2-4H3. The summed E-state index contributed by atoms with van der Waals surface area (Å²) in [6.07, 6.45) is 0.265. The fraction of sp³-hybridized carbons (Fsp3) is 0.333. The summed E-state index contributed by atoms with van der Waals surface area (Å²) < 4.78 is 0. The van der Waals surface area contributed by atoms with Crippen LogP contribution in [0.25, 0.3) is 0 Å². The van der Waals surface area contributed by atoms with Gasteiger partial charge in [-0.25, -0.2) is 0 Å². The van der Waals surface area contributed by atoms with E-state index in [0.717, 1.165) is 5.19 Å². The van der Waals surface area contributed by atoms with E-state index in [-0.39, 0.29) is 12.2 Å². The van der Waals surface area contributed by atoms with E-state index in [9.17, 15) is 4.79 Å². The minimum absolute atomic E-state index is 0.0398. The molecule has 1 aromatic rings. The van der Waals surface area contributed by atoms with E-state index in [1.165, 1.54) is 0 Å². The molecule has 81 valence electrons. The number of carbonyl (C=O) groups excluding carboxylic acids is 1. The molecule has 0 saturated carbocycles. The molecular weight excluding hydrogens is 224 g/mol. The molecular formula is C12H16ClOSi. The van der Waals surface area contributed by atoms with Crippen molar-refractivity contribution in [2.45, 2.75) is 26.1 Å². The first-order chi connectivity index (χ1) is 6.88. The fourth-order valence-electron chi connectivity index (χ4n) is 1.56. The number of hydrogen-bond donors (Lipinski definition) is 0. The summed E-state index contributed by atoms with van der Waals surface area (Å²) in [5, 5.41) is 1.69. The van der Waals surface area contributed by atoms with Crippen LogP contribution in [0.4, 0.5) is 0 Å². The predicted molar refractivity (Wildman–Crippen MR) is 68.7 cm³/mol. The van der Waals surface area contributed by atoms with Crippen LogP contribution in [0.5, 0.6) is 0 Å². The molecule has 3 heteroatoms. The van der Waals surface area contributed by atoms with Gasteiger partial charge in [0.15, 0.2) is 5.78 Å². The maximum atomic E-state index is 11.8. The molecule has 1 aromatic carbocycles. The zero-order valence-electron chi connectivity index (χ0n) is 9.43. The third kappa shape index (κ3) is 2.70. The van der Waals surface area contributed by atoms with Crippen LogP contribution in [0.2, 0.25) is 24.7 Å². The van der Waals surface area contributed by atoms with Crippen molar-refractivity contribution in [2.24, 2.45) is 0 Å². The molecule has 0 saturated heterocycles. The fourth-order valence-corrected chi connectivity index (χ4v) is 3.54. The first kappa shape index (κ1) is 12.5. The highest BCUT2D eigenvalue weighted by atomic mass is 35.5. The Morgan fingerprint density at radius 3 is 2.47 bits per heavy atom. The van der Waals surface area contributed by atoms with E-state index in [2.05, 4.69) is 26.6 Å². The molecule has 0 aliphatic heterocycles. The summed E-state index contributed by atoms with van der Waals surface area (Å²) in [6.45, 7) is 10.3. The molecule has 0 aliphatic carbocycles. The van der Waals surface area contributed by atoms with Gasteiger partial charge in [-0.3, -0.25) is 4.79 Å². The zero-order valence-corrected chi connectivity index (χ0v) is 11.2. The number of carbonyl (C=O) groups is 1. The molecule has 0 amide bonds. The molecule has 0 N–H and O–H groups in total. The molecule has 1 nitrogen and oxygen atoms in total. The van der Waals surface area contributed by atoms with Gasteiger partial charge in [-0.15, -0.1) is 0 Å². The lowest BCUT2D eigenvalue weighted by molar-refractivity contribution is 0.0996. The maximum Gasteiger partial charge on any atom is 0.164 e. The molecule has 1 rings (SSSR count). The predicted octanol–water partition coefficient (Wildman–Crippen LogP) is 3.29. The quantitative estimate of drug-likeness (QED) is 0.585. The summed E-state index contributed by atoms with van der Waals surface area (Å²) in [5.74, 6) is 0.0398. The summed E-state index contributed by atoms with van der Waals surface area (Å²) >= 11 is 6.08. The van der Waals surface area contributed by atoms with Gasteiger partial charge in [-0.05, 0) is 18.2 Å². The second-order valence-corrected chi connectivity index (χ2v) is 10.0. The van der Waals surface area contributed by atoms with Crippen LogP contribution < -0.4 is 5.19 Å². The van der Waals surface area contributed by atoms with Crippen molar-refractivity contribution in [3.8, 4) is 0 Å². The molecule has 0 fully saturated rings. The van der Waals surface area contributed by atoms with Gasteiger partial charge in [-0.2, -0.15) is 0 Å². The first-order valence-electron chi connectivity index (χ1n) is 4.99. The third-order valence-electron chi connectivity index (χ3n) is 2.33. The Hall–Kier alpha value is -0.603. The molecule has 0 aromatic heterocycles. The number of ketones is 1. The first-order valence-corrected chi connectivity index (χ1v) is 8.87. The van der Waals surface area contributed by atoms with Crippen LogP contribution in [0.15, 0.2) is 18.2 Å².